The van der Waals surface area contributed by atoms with Crippen molar-refractivity contribution in [3.05, 3.63) is 64.8 Å². The maximum absolute atomic E-state index is 12.2. The number of benzene rings is 2. The highest BCUT2D eigenvalue weighted by Gasteiger charge is 2.11. The number of hydrogen-bond donors (Lipinski definition) is 3. The minimum atomic E-state index is -0.513. The smallest absolute Gasteiger partial charge is 0.267 e. The number of carbonyl (C=O) groups is 1. The van der Waals surface area contributed by atoms with Gasteiger partial charge < -0.3 is 16.4 Å². The Labute approximate surface area is 139 Å². The molecule has 5 nitrogen and oxygen atoms in total. The van der Waals surface area contributed by atoms with Gasteiger partial charge >= 0.3 is 0 Å². The van der Waals surface area contributed by atoms with Gasteiger partial charge in [-0.1, -0.05) is 17.7 Å². The molecule has 0 fully saturated rings. The zero-order valence-electron chi connectivity index (χ0n) is 12.4. The number of nitrogen functional groups attached to an aromatic ring is 1. The lowest BCUT2D eigenvalue weighted by atomic mass is 10.2. The molecule has 2 aromatic rings. The summed E-state index contributed by atoms with van der Waals surface area (Å²) in [6.07, 6.45) is 1.35. The SMILES string of the molecule is Cc1ccc(Cl)cc1NC(=O)/C(C#N)=C\Nc1ccc(N)cc1. The van der Waals surface area contributed by atoms with Crippen molar-refractivity contribution >= 4 is 34.6 Å². The molecule has 6 heteroatoms. The van der Waals surface area contributed by atoms with Crippen LogP contribution < -0.4 is 16.4 Å². The topological polar surface area (TPSA) is 90.9 Å². The first kappa shape index (κ1) is 16.4. The minimum absolute atomic E-state index is 0.0544. The summed E-state index contributed by atoms with van der Waals surface area (Å²) in [6.45, 7) is 1.84. The molecule has 23 heavy (non-hydrogen) atoms. The van der Waals surface area contributed by atoms with Gasteiger partial charge in [-0.25, -0.2) is 0 Å². The van der Waals surface area contributed by atoms with Crippen molar-refractivity contribution in [3.63, 3.8) is 0 Å². The van der Waals surface area contributed by atoms with Crippen molar-refractivity contribution in [1.82, 2.24) is 0 Å². The second-order valence-electron chi connectivity index (χ2n) is 4.85. The molecule has 0 aromatic heterocycles. The van der Waals surface area contributed by atoms with Gasteiger partial charge in [0.1, 0.15) is 11.6 Å². The average Bonchev–Trinajstić information content (AvgIpc) is 2.53. The van der Waals surface area contributed by atoms with Gasteiger partial charge in [-0.2, -0.15) is 5.26 Å². The summed E-state index contributed by atoms with van der Waals surface area (Å²) in [4.78, 5) is 12.2. The number of nitrogens with two attached hydrogens (primary N) is 1. The molecule has 0 saturated heterocycles. The number of nitriles is 1. The third-order valence-electron chi connectivity index (χ3n) is 3.11. The third kappa shape index (κ3) is 4.50. The van der Waals surface area contributed by atoms with E-state index in [1.807, 2.05) is 13.0 Å². The van der Waals surface area contributed by atoms with Crippen molar-refractivity contribution in [1.29, 1.82) is 5.26 Å². The van der Waals surface area contributed by atoms with Crippen molar-refractivity contribution in [2.45, 2.75) is 6.92 Å². The van der Waals surface area contributed by atoms with Crippen LogP contribution in [0.2, 0.25) is 5.02 Å². The predicted molar refractivity (Wildman–Crippen MR) is 93.0 cm³/mol. The Morgan fingerprint density at radius 2 is 1.96 bits per heavy atom. The Bertz CT molecular complexity index is 791. The number of nitrogens with one attached hydrogen (secondary N) is 2. The summed E-state index contributed by atoms with van der Waals surface area (Å²) >= 11 is 5.91. The van der Waals surface area contributed by atoms with E-state index in [0.29, 0.717) is 16.4 Å². The largest absolute Gasteiger partial charge is 0.399 e. The van der Waals surface area contributed by atoms with Gasteiger partial charge in [0.05, 0.1) is 0 Å². The Kier molecular flexibility index (Phi) is 5.23. The van der Waals surface area contributed by atoms with Gasteiger partial charge in [0.2, 0.25) is 0 Å². The van der Waals surface area contributed by atoms with E-state index in [4.69, 9.17) is 22.6 Å². The molecule has 0 unspecified atom stereocenters. The fraction of sp³-hybridized carbons (Fsp3) is 0.0588. The summed E-state index contributed by atoms with van der Waals surface area (Å²) in [7, 11) is 0. The van der Waals surface area contributed by atoms with E-state index in [9.17, 15) is 4.79 Å². The van der Waals surface area contributed by atoms with Gasteiger partial charge in [0.15, 0.2) is 0 Å². The number of anilines is 3. The zero-order valence-corrected chi connectivity index (χ0v) is 13.2. The molecular formula is C17H15ClN4O. The minimum Gasteiger partial charge on any atom is -0.399 e. The summed E-state index contributed by atoms with van der Waals surface area (Å²) in [5.41, 5.74) is 8.32. The number of carbonyl (C=O) groups excluding carboxylic acids is 1. The number of hydrogen-bond acceptors (Lipinski definition) is 4. The summed E-state index contributed by atoms with van der Waals surface area (Å²) in [5, 5.41) is 15.2. The van der Waals surface area contributed by atoms with E-state index in [1.54, 1.807) is 42.5 Å². The Morgan fingerprint density at radius 3 is 2.61 bits per heavy atom. The van der Waals surface area contributed by atoms with E-state index in [-0.39, 0.29) is 5.57 Å². The number of rotatable bonds is 4. The molecule has 0 spiro atoms. The maximum Gasteiger partial charge on any atom is 0.267 e. The predicted octanol–water partition coefficient (Wildman–Crippen LogP) is 3.69. The lowest BCUT2D eigenvalue weighted by Crippen LogP contribution is -2.15. The highest BCUT2D eigenvalue weighted by atomic mass is 35.5. The normalized spacial score (nSPS) is 10.7. The first-order valence-corrected chi connectivity index (χ1v) is 7.17. The molecule has 116 valence electrons. The van der Waals surface area contributed by atoms with Gasteiger partial charge in [-0.05, 0) is 48.9 Å². The summed E-state index contributed by atoms with van der Waals surface area (Å²) in [6, 6.07) is 14.0. The standard InChI is InChI=1S/C17H15ClN4O/c1-11-2-3-13(18)8-16(11)22-17(23)12(9-19)10-21-15-6-4-14(20)5-7-15/h2-8,10,21H,20H2,1H3,(H,22,23)/b12-10-. The molecule has 1 amide bonds. The quantitative estimate of drug-likeness (QED) is 0.454. The average molecular weight is 327 g/mol. The Balaban J connectivity index is 2.12. The number of nitrogens with zero attached hydrogens (tertiary/aromatic N) is 1. The van der Waals surface area contributed by atoms with Gasteiger partial charge in [0.25, 0.3) is 5.91 Å². The van der Waals surface area contributed by atoms with Crippen molar-refractivity contribution in [2.24, 2.45) is 0 Å². The van der Waals surface area contributed by atoms with Crippen LogP contribution in [0, 0.1) is 18.3 Å². The van der Waals surface area contributed by atoms with Gasteiger partial charge in [-0.3, -0.25) is 4.79 Å². The molecule has 0 aliphatic rings. The summed E-state index contributed by atoms with van der Waals surface area (Å²) in [5.74, 6) is -0.513. The fourth-order valence-electron chi connectivity index (χ4n) is 1.80. The first-order chi connectivity index (χ1) is 11.0. The van der Waals surface area contributed by atoms with Crippen LogP contribution in [0.25, 0.3) is 0 Å². The Morgan fingerprint density at radius 1 is 1.26 bits per heavy atom. The van der Waals surface area contributed by atoms with Crippen molar-refractivity contribution in [3.8, 4) is 6.07 Å². The molecule has 0 aliphatic carbocycles. The van der Waals surface area contributed by atoms with Crippen LogP contribution in [0.3, 0.4) is 0 Å². The molecule has 0 aliphatic heterocycles. The highest BCUT2D eigenvalue weighted by Crippen LogP contribution is 2.20. The van der Waals surface area contributed by atoms with E-state index >= 15 is 0 Å². The van der Waals surface area contributed by atoms with Gasteiger partial charge in [-0.15, -0.1) is 0 Å². The van der Waals surface area contributed by atoms with Crippen LogP contribution in [0.4, 0.5) is 17.1 Å². The third-order valence-corrected chi connectivity index (χ3v) is 3.34. The first-order valence-electron chi connectivity index (χ1n) is 6.79. The molecule has 2 aromatic carbocycles. The van der Waals surface area contributed by atoms with Crippen LogP contribution >= 0.6 is 11.6 Å². The molecule has 4 N–H and O–H groups in total. The van der Waals surface area contributed by atoms with Crippen LogP contribution in [0.1, 0.15) is 5.56 Å². The van der Waals surface area contributed by atoms with Crippen LogP contribution in [0.15, 0.2) is 54.2 Å². The van der Waals surface area contributed by atoms with E-state index in [2.05, 4.69) is 10.6 Å². The maximum atomic E-state index is 12.2. The number of aryl methyl sites for hydroxylation is 1. The van der Waals surface area contributed by atoms with Crippen LogP contribution in [0.5, 0.6) is 0 Å². The molecular weight excluding hydrogens is 312 g/mol. The van der Waals surface area contributed by atoms with E-state index < -0.39 is 5.91 Å². The van der Waals surface area contributed by atoms with Crippen LogP contribution in [-0.2, 0) is 4.79 Å². The second-order valence-corrected chi connectivity index (χ2v) is 5.29. The fourth-order valence-corrected chi connectivity index (χ4v) is 1.97. The lowest BCUT2D eigenvalue weighted by Gasteiger charge is -2.08. The highest BCUT2D eigenvalue weighted by molar-refractivity contribution is 6.31. The molecule has 0 saturated carbocycles. The number of halogens is 1. The van der Waals surface area contributed by atoms with E-state index in [0.717, 1.165) is 11.3 Å². The lowest BCUT2D eigenvalue weighted by molar-refractivity contribution is -0.112. The number of amides is 1. The van der Waals surface area contributed by atoms with Gasteiger partial charge in [0, 0.05) is 28.3 Å². The molecule has 0 atom stereocenters. The van der Waals surface area contributed by atoms with Crippen LogP contribution in [-0.4, -0.2) is 5.91 Å². The molecule has 0 radical (unpaired) electrons. The summed E-state index contributed by atoms with van der Waals surface area (Å²) < 4.78 is 0. The van der Waals surface area contributed by atoms with Crippen molar-refractivity contribution < 1.29 is 4.79 Å². The second kappa shape index (κ2) is 7.34. The van der Waals surface area contributed by atoms with E-state index in [1.165, 1.54) is 6.20 Å². The van der Waals surface area contributed by atoms with Crippen molar-refractivity contribution in [2.75, 3.05) is 16.4 Å². The Hall–Kier alpha value is -2.97. The molecule has 0 bridgehead atoms. The molecule has 0 heterocycles. The zero-order chi connectivity index (χ0) is 16.8. The molecule has 2 rings (SSSR count). The monoisotopic (exact) mass is 326 g/mol.